The van der Waals surface area contributed by atoms with Gasteiger partial charge in [0, 0.05) is 5.16 Å². The van der Waals surface area contributed by atoms with Crippen LogP contribution in [0.3, 0.4) is 0 Å². The summed E-state index contributed by atoms with van der Waals surface area (Å²) in [6.07, 6.45) is 22.7. The summed E-state index contributed by atoms with van der Waals surface area (Å²) in [6.45, 7) is 19.4. The molecule has 41 heavy (non-hydrogen) atoms. The molecule has 2 aliphatic carbocycles. The molecule has 5 rings (SSSR count). The molecule has 0 bridgehead atoms. The van der Waals surface area contributed by atoms with Crippen LogP contribution in [0.5, 0.6) is 0 Å². The quantitative estimate of drug-likeness (QED) is 0.193. The van der Waals surface area contributed by atoms with Crippen LogP contribution in [0.15, 0.2) is 89.1 Å². The van der Waals surface area contributed by atoms with Crippen LogP contribution < -0.4 is 10.6 Å². The Morgan fingerprint density at radius 2 is 1.46 bits per heavy atom. The Morgan fingerprint density at radius 3 is 1.88 bits per heavy atom. The SMILES string of the molecule is CC(C)(C)P(CC1=CC(=C2C=CC=C[CH-]2)C=C1C(P)(C1CCCNC1)C1CCCNC1)C(C)(C)C.[Fe+2].c1cc[cH-]c1. The predicted molar refractivity (Wildman–Crippen MR) is 183 cm³/mol. The van der Waals surface area contributed by atoms with E-state index < -0.39 is 0 Å². The summed E-state index contributed by atoms with van der Waals surface area (Å²) in [5.74, 6) is 1.32. The summed E-state index contributed by atoms with van der Waals surface area (Å²) in [5, 5.41) is 8.28. The van der Waals surface area contributed by atoms with Crippen LogP contribution in [-0.4, -0.2) is 47.8 Å². The number of allylic oxidation sites excluding steroid dienone is 10. The Morgan fingerprint density at radius 1 is 0.878 bits per heavy atom. The van der Waals surface area contributed by atoms with Gasteiger partial charge in [-0.3, -0.25) is 0 Å². The molecule has 2 aliphatic heterocycles. The average molecular weight is 633 g/mol. The molecule has 2 N–H and O–H groups in total. The molecule has 0 radical (unpaired) electrons. The van der Waals surface area contributed by atoms with E-state index in [4.69, 9.17) is 0 Å². The zero-order valence-electron chi connectivity index (χ0n) is 26.3. The van der Waals surface area contributed by atoms with E-state index in [1.165, 1.54) is 56.1 Å². The molecule has 0 aromatic heterocycles. The third-order valence-corrected chi connectivity index (χ3v) is 14.1. The largest absolute Gasteiger partial charge is 2.00 e. The second-order valence-corrected chi connectivity index (χ2v) is 18.8. The first kappa shape index (κ1) is 34.7. The number of hydrogen-bond donors (Lipinski definition) is 2. The van der Waals surface area contributed by atoms with Gasteiger partial charge in [0.1, 0.15) is 0 Å². The second kappa shape index (κ2) is 15.3. The molecule has 5 heteroatoms. The van der Waals surface area contributed by atoms with Crippen LogP contribution in [0, 0.1) is 18.3 Å². The maximum absolute atomic E-state index is 3.77. The zero-order valence-corrected chi connectivity index (χ0v) is 29.5. The van der Waals surface area contributed by atoms with E-state index in [-0.39, 0.29) is 30.1 Å². The average Bonchev–Trinajstić information content (AvgIpc) is 3.66. The van der Waals surface area contributed by atoms with Crippen molar-refractivity contribution in [2.24, 2.45) is 11.8 Å². The first-order chi connectivity index (χ1) is 19.0. The van der Waals surface area contributed by atoms with Crippen LogP contribution in [0.25, 0.3) is 0 Å². The fourth-order valence-corrected chi connectivity index (χ4v) is 11.6. The molecule has 0 spiro atoms. The Balaban J connectivity index is 0.000000696. The van der Waals surface area contributed by atoms with Crippen LogP contribution in [-0.2, 0) is 17.1 Å². The smallest absolute Gasteiger partial charge is 0.316 e. The Hall–Kier alpha value is -0.781. The Kier molecular flexibility index (Phi) is 12.9. The van der Waals surface area contributed by atoms with Crippen molar-refractivity contribution >= 4 is 17.2 Å². The summed E-state index contributed by atoms with van der Waals surface area (Å²) < 4.78 is 0. The molecule has 2 fully saturated rings. The fourth-order valence-electron chi connectivity index (χ4n) is 7.15. The van der Waals surface area contributed by atoms with Gasteiger partial charge in [0.15, 0.2) is 0 Å². The van der Waals surface area contributed by atoms with Gasteiger partial charge in [0.2, 0.25) is 0 Å². The topological polar surface area (TPSA) is 24.1 Å². The molecule has 2 saturated heterocycles. The van der Waals surface area contributed by atoms with Gasteiger partial charge in [-0.15, -0.1) is 45.5 Å². The molecule has 0 amide bonds. The first-order valence-electron chi connectivity index (χ1n) is 15.5. The predicted octanol–water partition coefficient (Wildman–Crippen LogP) is 8.57. The number of hydrogen-bond acceptors (Lipinski definition) is 2. The van der Waals surface area contributed by atoms with Crippen LogP contribution >= 0.6 is 17.2 Å². The molecule has 226 valence electrons. The van der Waals surface area contributed by atoms with Gasteiger partial charge in [-0.1, -0.05) is 67.2 Å². The van der Waals surface area contributed by atoms with Crippen molar-refractivity contribution in [2.75, 3.05) is 32.3 Å². The molecule has 4 aliphatic rings. The molecule has 2 nitrogen and oxygen atoms in total. The van der Waals surface area contributed by atoms with Crippen molar-refractivity contribution in [3.05, 3.63) is 95.5 Å². The minimum atomic E-state index is -0.213. The molecule has 2 heterocycles. The first-order valence-corrected chi connectivity index (χ1v) is 17.6. The minimum Gasteiger partial charge on any atom is -0.316 e. The van der Waals surface area contributed by atoms with E-state index in [1.54, 1.807) is 11.1 Å². The van der Waals surface area contributed by atoms with E-state index >= 15 is 0 Å². The Bertz CT molecular complexity index is 1050. The van der Waals surface area contributed by atoms with Gasteiger partial charge in [-0.2, -0.15) is 18.2 Å². The summed E-state index contributed by atoms with van der Waals surface area (Å²) >= 11 is 0. The third kappa shape index (κ3) is 8.88. The maximum atomic E-state index is 3.77. The molecular weight excluding hydrogens is 578 g/mol. The van der Waals surface area contributed by atoms with Crippen LogP contribution in [0.2, 0.25) is 0 Å². The minimum absolute atomic E-state index is 0. The Labute approximate surface area is 266 Å². The maximum Gasteiger partial charge on any atom is 2.00 e. The normalized spacial score (nSPS) is 26.2. The number of piperidine rings is 2. The monoisotopic (exact) mass is 632 g/mol. The summed E-state index contributed by atoms with van der Waals surface area (Å²) in [7, 11) is 3.29. The molecule has 0 saturated carbocycles. The van der Waals surface area contributed by atoms with Crippen molar-refractivity contribution in [2.45, 2.75) is 82.7 Å². The molecule has 3 unspecified atom stereocenters. The van der Waals surface area contributed by atoms with Gasteiger partial charge in [-0.05, 0) is 91.3 Å². The van der Waals surface area contributed by atoms with Gasteiger partial charge in [0.05, 0.1) is 0 Å². The van der Waals surface area contributed by atoms with E-state index in [0.29, 0.717) is 22.1 Å². The van der Waals surface area contributed by atoms with Gasteiger partial charge >= 0.3 is 17.1 Å². The van der Waals surface area contributed by atoms with E-state index in [2.05, 4.69) is 104 Å². The van der Waals surface area contributed by atoms with Crippen LogP contribution in [0.4, 0.5) is 0 Å². The number of rotatable bonds is 5. The van der Waals surface area contributed by atoms with E-state index in [1.807, 2.05) is 30.3 Å². The van der Waals surface area contributed by atoms with Crippen molar-refractivity contribution in [1.29, 1.82) is 0 Å². The third-order valence-electron chi connectivity index (χ3n) is 9.00. The molecule has 1 aromatic carbocycles. The number of nitrogens with one attached hydrogen (secondary N) is 2. The molecule has 1 aromatic rings. The van der Waals surface area contributed by atoms with Crippen molar-refractivity contribution < 1.29 is 17.1 Å². The summed E-state index contributed by atoms with van der Waals surface area (Å²) in [6, 6.07) is 10.0. The van der Waals surface area contributed by atoms with Gasteiger partial charge < -0.3 is 10.6 Å². The van der Waals surface area contributed by atoms with Crippen LogP contribution in [0.1, 0.15) is 67.2 Å². The summed E-state index contributed by atoms with van der Waals surface area (Å²) in [4.78, 5) is 0. The van der Waals surface area contributed by atoms with Crippen molar-refractivity contribution in [1.82, 2.24) is 10.6 Å². The van der Waals surface area contributed by atoms with Gasteiger partial charge in [0.25, 0.3) is 0 Å². The van der Waals surface area contributed by atoms with E-state index in [0.717, 1.165) is 13.1 Å². The zero-order chi connectivity index (χ0) is 28.8. The van der Waals surface area contributed by atoms with Crippen molar-refractivity contribution in [3.63, 3.8) is 0 Å². The van der Waals surface area contributed by atoms with E-state index in [9.17, 15) is 0 Å². The summed E-state index contributed by atoms with van der Waals surface area (Å²) in [5.41, 5.74) is 6.01. The second-order valence-electron chi connectivity index (χ2n) is 14.0. The standard InChI is InChI=1S/C31H49N2P2.C5H5.Fe/c1-29(2,3)35(30(4,5)6)22-25-18-24(23-12-8-7-9-13-23)19-28(25)31(34,26-14-10-16-32-20-26)27-15-11-17-33-21-27;1-2-4-5-3-1;/h7-9,12-13,18-19,26-27,32-33H,10-11,14-17,20-22,34H2,1-6H3;1-5H;/q2*-1;+2. The molecular formula is C36H54FeN2P2. The van der Waals surface area contributed by atoms with Gasteiger partial charge in [-0.25, -0.2) is 12.1 Å². The van der Waals surface area contributed by atoms with Crippen molar-refractivity contribution in [3.8, 4) is 0 Å². The molecule has 3 atom stereocenters. The fraction of sp³-hybridized carbons (Fsp3) is 0.556.